The van der Waals surface area contributed by atoms with Gasteiger partial charge >= 0.3 is 0 Å². The zero-order chi connectivity index (χ0) is 21.2. The molecule has 0 heterocycles. The highest BCUT2D eigenvalue weighted by atomic mass is 16.5. The fourth-order valence-corrected chi connectivity index (χ4v) is 3.49. The van der Waals surface area contributed by atoms with Gasteiger partial charge in [0.2, 0.25) is 0 Å². The smallest absolute Gasteiger partial charge is 0.120 e. The predicted molar refractivity (Wildman–Crippen MR) is 107 cm³/mol. The van der Waals surface area contributed by atoms with Crippen molar-refractivity contribution < 1.29 is 29.3 Å². The van der Waals surface area contributed by atoms with Crippen molar-refractivity contribution in [3.63, 3.8) is 0 Å². The van der Waals surface area contributed by atoms with Crippen molar-refractivity contribution in [2.45, 2.75) is 50.4 Å². The lowest BCUT2D eigenvalue weighted by Gasteiger charge is -2.30. The third-order valence-corrected chi connectivity index (χ3v) is 5.19. The molecule has 1 aromatic rings. The highest BCUT2D eigenvalue weighted by molar-refractivity contribution is 5.60. The van der Waals surface area contributed by atoms with Gasteiger partial charge in [-0.1, -0.05) is 13.8 Å². The van der Waals surface area contributed by atoms with Gasteiger partial charge < -0.3 is 19.7 Å². The number of phenols is 2. The minimum Gasteiger partial charge on any atom is -0.508 e. The SMILES string of the molecule is COCCCC(C)(C=C=O)c1cc(O)c(C(C)(C=C=O)CCCOC)cc1O. The van der Waals surface area contributed by atoms with E-state index in [1.165, 1.54) is 24.3 Å². The van der Waals surface area contributed by atoms with Gasteiger partial charge in [0.1, 0.15) is 23.4 Å². The molecular formula is C22H30O6. The molecule has 0 bridgehead atoms. The predicted octanol–water partition coefficient (Wildman–Crippen LogP) is 3.24. The van der Waals surface area contributed by atoms with Gasteiger partial charge in [-0.3, -0.25) is 0 Å². The molecule has 0 aliphatic carbocycles. The molecular weight excluding hydrogens is 360 g/mol. The first-order valence-electron chi connectivity index (χ1n) is 9.27. The summed E-state index contributed by atoms with van der Waals surface area (Å²) in [6.07, 6.45) is 5.08. The number of hydrogen-bond donors (Lipinski definition) is 2. The van der Waals surface area contributed by atoms with Crippen LogP contribution in [0, 0.1) is 0 Å². The first kappa shape index (κ1) is 23.7. The second-order valence-corrected chi connectivity index (χ2v) is 7.44. The molecule has 6 heteroatoms. The van der Waals surface area contributed by atoms with Crippen LogP contribution in [-0.2, 0) is 29.9 Å². The number of ether oxygens (including phenoxy) is 2. The first-order valence-corrected chi connectivity index (χ1v) is 9.27. The fraction of sp³-hybridized carbons (Fsp3) is 0.545. The van der Waals surface area contributed by atoms with Gasteiger partial charge in [-0.2, -0.15) is 0 Å². The van der Waals surface area contributed by atoms with Crippen LogP contribution in [0.15, 0.2) is 24.3 Å². The van der Waals surface area contributed by atoms with Crippen molar-refractivity contribution in [1.82, 2.24) is 0 Å². The Hall–Kier alpha value is -2.36. The van der Waals surface area contributed by atoms with Gasteiger partial charge in [-0.25, -0.2) is 9.59 Å². The third-order valence-electron chi connectivity index (χ3n) is 5.19. The summed E-state index contributed by atoms with van der Waals surface area (Å²) in [4.78, 5) is 22.1. The van der Waals surface area contributed by atoms with Crippen LogP contribution < -0.4 is 0 Å². The van der Waals surface area contributed by atoms with Crippen LogP contribution in [0.25, 0.3) is 0 Å². The summed E-state index contributed by atoms with van der Waals surface area (Å²) in [6, 6.07) is 2.91. The summed E-state index contributed by atoms with van der Waals surface area (Å²) in [5.41, 5.74) is -0.786. The van der Waals surface area contributed by atoms with Gasteiger partial charge in [0.05, 0.1) is 0 Å². The van der Waals surface area contributed by atoms with E-state index in [1.54, 1.807) is 39.9 Å². The number of benzene rings is 1. The molecule has 154 valence electrons. The quantitative estimate of drug-likeness (QED) is 0.323. The van der Waals surface area contributed by atoms with Crippen molar-refractivity contribution in [1.29, 1.82) is 0 Å². The number of phenolic OH excluding ortho intramolecular Hbond substituents is 2. The summed E-state index contributed by atoms with van der Waals surface area (Å²) < 4.78 is 10.1. The van der Waals surface area contributed by atoms with E-state index < -0.39 is 10.8 Å². The van der Waals surface area contributed by atoms with Crippen LogP contribution in [0.4, 0.5) is 0 Å². The summed E-state index contributed by atoms with van der Waals surface area (Å²) in [5, 5.41) is 21.4. The Morgan fingerprint density at radius 2 is 1.21 bits per heavy atom. The van der Waals surface area contributed by atoms with Crippen molar-refractivity contribution in [3.8, 4) is 11.5 Å². The number of rotatable bonds is 12. The van der Waals surface area contributed by atoms with E-state index >= 15 is 0 Å². The van der Waals surface area contributed by atoms with E-state index in [0.29, 0.717) is 50.0 Å². The number of carbonyl (C=O) groups excluding carboxylic acids is 2. The molecule has 0 amide bonds. The summed E-state index contributed by atoms with van der Waals surface area (Å²) in [5.74, 6) is 3.48. The van der Waals surface area contributed by atoms with E-state index in [0.717, 1.165) is 0 Å². The lowest BCUT2D eigenvalue weighted by molar-refractivity contribution is 0.187. The molecule has 2 atom stereocenters. The normalized spacial score (nSPS) is 15.0. The average Bonchev–Trinajstić information content (AvgIpc) is 2.64. The monoisotopic (exact) mass is 390 g/mol. The van der Waals surface area contributed by atoms with E-state index in [1.807, 2.05) is 0 Å². The highest BCUT2D eigenvalue weighted by Gasteiger charge is 2.32. The van der Waals surface area contributed by atoms with E-state index in [9.17, 15) is 19.8 Å². The molecule has 28 heavy (non-hydrogen) atoms. The van der Waals surface area contributed by atoms with E-state index in [-0.39, 0.29) is 11.5 Å². The van der Waals surface area contributed by atoms with Gasteiger partial charge in [0.15, 0.2) is 0 Å². The largest absolute Gasteiger partial charge is 0.508 e. The van der Waals surface area contributed by atoms with Gasteiger partial charge in [0.25, 0.3) is 0 Å². The molecule has 2 N–H and O–H groups in total. The van der Waals surface area contributed by atoms with Crippen molar-refractivity contribution >= 4 is 11.9 Å². The molecule has 1 rings (SSSR count). The van der Waals surface area contributed by atoms with Crippen LogP contribution >= 0.6 is 0 Å². The Morgan fingerprint density at radius 1 is 0.857 bits per heavy atom. The second-order valence-electron chi connectivity index (χ2n) is 7.44. The molecule has 1 aromatic carbocycles. The van der Waals surface area contributed by atoms with Crippen molar-refractivity contribution in [3.05, 3.63) is 35.4 Å². The highest BCUT2D eigenvalue weighted by Crippen LogP contribution is 2.44. The number of allylic oxidation sites excluding steroid dienone is 2. The molecule has 0 radical (unpaired) electrons. The topological polar surface area (TPSA) is 93.1 Å². The molecule has 0 fully saturated rings. The van der Waals surface area contributed by atoms with E-state index in [4.69, 9.17) is 9.47 Å². The Balaban J connectivity index is 3.40. The Bertz CT molecular complexity index is 682. The Morgan fingerprint density at radius 3 is 1.50 bits per heavy atom. The zero-order valence-electron chi connectivity index (χ0n) is 17.1. The minimum atomic E-state index is -0.812. The Labute approximate surface area is 166 Å². The molecule has 0 aromatic heterocycles. The molecule has 2 unspecified atom stereocenters. The van der Waals surface area contributed by atoms with Crippen molar-refractivity contribution in [2.24, 2.45) is 0 Å². The van der Waals surface area contributed by atoms with E-state index in [2.05, 4.69) is 0 Å². The van der Waals surface area contributed by atoms with Gasteiger partial charge in [-0.15, -0.1) is 0 Å². The van der Waals surface area contributed by atoms with Crippen LogP contribution in [0.1, 0.15) is 50.7 Å². The van der Waals surface area contributed by atoms with Crippen LogP contribution in [0.3, 0.4) is 0 Å². The number of methoxy groups -OCH3 is 2. The molecule has 0 aliphatic rings. The maximum atomic E-state index is 11.1. The summed E-state index contributed by atoms with van der Waals surface area (Å²) in [7, 11) is 3.19. The van der Waals surface area contributed by atoms with Crippen LogP contribution in [0.5, 0.6) is 11.5 Å². The van der Waals surface area contributed by atoms with Crippen LogP contribution in [-0.4, -0.2) is 49.5 Å². The zero-order valence-corrected chi connectivity index (χ0v) is 17.1. The van der Waals surface area contributed by atoms with Gasteiger partial charge in [-0.05, 0) is 37.8 Å². The average molecular weight is 390 g/mol. The maximum absolute atomic E-state index is 11.1. The van der Waals surface area contributed by atoms with Gasteiger partial charge in [0, 0.05) is 61.5 Å². The number of hydrogen-bond acceptors (Lipinski definition) is 6. The minimum absolute atomic E-state index is 0.0588. The Kier molecular flexibility index (Phi) is 9.17. The molecule has 6 nitrogen and oxygen atoms in total. The lowest BCUT2D eigenvalue weighted by atomic mass is 9.74. The molecule has 0 spiro atoms. The van der Waals surface area contributed by atoms with Crippen molar-refractivity contribution in [2.75, 3.05) is 27.4 Å². The molecule has 0 saturated carbocycles. The fourth-order valence-electron chi connectivity index (χ4n) is 3.49. The van der Waals surface area contributed by atoms with Crippen LogP contribution in [0.2, 0.25) is 0 Å². The maximum Gasteiger partial charge on any atom is 0.120 e. The third kappa shape index (κ3) is 5.82. The second kappa shape index (κ2) is 10.8. The first-order chi connectivity index (χ1) is 13.3. The molecule has 0 aliphatic heterocycles. The summed E-state index contributed by atoms with van der Waals surface area (Å²) in [6.45, 7) is 4.61. The lowest BCUT2D eigenvalue weighted by Crippen LogP contribution is -2.23. The molecule has 0 saturated heterocycles. The number of aromatic hydroxyl groups is 2. The summed E-state index contributed by atoms with van der Waals surface area (Å²) >= 11 is 0. The standard InChI is InChI=1S/C22H30O6/c1-21(9-11-23,7-5-13-27-3)17-15-20(26)18(16-19(17)25)22(2,10-12-24)8-6-14-28-4/h9-10,15-16,25-26H,5-8,13-14H2,1-4H3.